The van der Waals surface area contributed by atoms with Crippen molar-refractivity contribution >= 4 is 32.3 Å². The van der Waals surface area contributed by atoms with Crippen molar-refractivity contribution in [3.63, 3.8) is 0 Å². The van der Waals surface area contributed by atoms with Crippen LogP contribution in [0.25, 0.3) is 0 Å². The normalized spacial score (nSPS) is 12.2. The molecule has 0 bridgehead atoms. The SMILES string of the molecule is CCOC(=O)c1c(C(F)(F)F)csc1NS(=O)(=O)c1ccn(C)n1. The minimum absolute atomic E-state index is 0.154. The Kier molecular flexibility index (Phi) is 4.90. The quantitative estimate of drug-likeness (QED) is 0.801. The van der Waals surface area contributed by atoms with Gasteiger partial charge in [-0.15, -0.1) is 11.3 Å². The zero-order valence-electron chi connectivity index (χ0n) is 12.4. The second kappa shape index (κ2) is 6.43. The third-order valence-corrected chi connectivity index (χ3v) is 5.03. The lowest BCUT2D eigenvalue weighted by Gasteiger charge is -2.10. The van der Waals surface area contributed by atoms with Gasteiger partial charge in [0, 0.05) is 18.6 Å². The summed E-state index contributed by atoms with van der Waals surface area (Å²) in [5, 5.41) is 3.47. The highest BCUT2D eigenvalue weighted by Crippen LogP contribution is 2.40. The Balaban J connectivity index is 2.47. The number of aromatic nitrogens is 2. The lowest BCUT2D eigenvalue weighted by Crippen LogP contribution is -2.18. The third-order valence-electron chi connectivity index (χ3n) is 2.77. The van der Waals surface area contributed by atoms with Crippen molar-refractivity contribution in [1.29, 1.82) is 0 Å². The van der Waals surface area contributed by atoms with Gasteiger partial charge in [-0.25, -0.2) is 4.79 Å². The first kappa shape index (κ1) is 18.3. The first-order valence-electron chi connectivity index (χ1n) is 6.44. The van der Waals surface area contributed by atoms with Crippen LogP contribution in [-0.2, 0) is 28.0 Å². The Bertz CT molecular complexity index is 855. The number of halogens is 3. The molecular formula is C12H12F3N3O4S2. The van der Waals surface area contributed by atoms with Gasteiger partial charge < -0.3 is 4.74 Å². The van der Waals surface area contributed by atoms with E-state index in [0.717, 1.165) is 0 Å². The van der Waals surface area contributed by atoms with Crippen LogP contribution in [0.15, 0.2) is 22.7 Å². The molecule has 2 heterocycles. The van der Waals surface area contributed by atoms with E-state index >= 15 is 0 Å². The van der Waals surface area contributed by atoms with Crippen LogP contribution in [0.5, 0.6) is 0 Å². The van der Waals surface area contributed by atoms with Crippen LogP contribution in [0.2, 0.25) is 0 Å². The number of anilines is 1. The molecule has 0 saturated heterocycles. The third kappa shape index (κ3) is 3.70. The molecule has 0 unspecified atom stereocenters. The Labute approximate surface area is 139 Å². The molecule has 2 aromatic heterocycles. The predicted octanol–water partition coefficient (Wildman–Crippen LogP) is 2.48. The number of nitrogens with zero attached hydrogens (tertiary/aromatic N) is 2. The van der Waals surface area contributed by atoms with E-state index in [1.54, 1.807) is 0 Å². The molecule has 0 amide bonds. The summed E-state index contributed by atoms with van der Waals surface area (Å²) < 4.78 is 71.2. The average molecular weight is 383 g/mol. The Morgan fingerprint density at radius 3 is 2.62 bits per heavy atom. The van der Waals surface area contributed by atoms with Gasteiger partial charge >= 0.3 is 12.1 Å². The largest absolute Gasteiger partial charge is 0.462 e. The molecule has 0 saturated carbocycles. The van der Waals surface area contributed by atoms with Crippen molar-refractivity contribution in [2.24, 2.45) is 7.05 Å². The summed E-state index contributed by atoms with van der Waals surface area (Å²) in [5.74, 6) is -1.26. The maximum absolute atomic E-state index is 13.0. The van der Waals surface area contributed by atoms with Crippen molar-refractivity contribution in [1.82, 2.24) is 9.78 Å². The van der Waals surface area contributed by atoms with E-state index in [0.29, 0.717) is 16.7 Å². The number of alkyl halides is 3. The standard InChI is InChI=1S/C12H12F3N3O4S2/c1-3-22-11(19)9-7(12(13,14)15)6-23-10(9)17-24(20,21)8-4-5-18(2)16-8/h4-6,17H,3H2,1-2H3. The van der Waals surface area contributed by atoms with E-state index in [-0.39, 0.29) is 11.6 Å². The summed E-state index contributed by atoms with van der Waals surface area (Å²) in [4.78, 5) is 11.9. The van der Waals surface area contributed by atoms with E-state index < -0.39 is 38.3 Å². The number of ether oxygens (including phenoxy) is 1. The first-order chi connectivity index (χ1) is 11.1. The van der Waals surface area contributed by atoms with Gasteiger partial charge in [-0.3, -0.25) is 9.40 Å². The highest BCUT2D eigenvalue weighted by molar-refractivity contribution is 7.92. The molecule has 2 rings (SSSR count). The maximum atomic E-state index is 13.0. The van der Waals surface area contributed by atoms with Crippen molar-refractivity contribution in [2.75, 3.05) is 11.3 Å². The topological polar surface area (TPSA) is 90.3 Å². The van der Waals surface area contributed by atoms with Gasteiger partial charge in [-0.2, -0.15) is 26.7 Å². The molecule has 7 nitrogen and oxygen atoms in total. The molecule has 0 aliphatic carbocycles. The lowest BCUT2D eigenvalue weighted by atomic mass is 10.2. The molecule has 0 aliphatic rings. The van der Waals surface area contributed by atoms with Gasteiger partial charge in [0.2, 0.25) is 0 Å². The number of thiophene rings is 1. The first-order valence-corrected chi connectivity index (χ1v) is 8.80. The smallest absolute Gasteiger partial charge is 0.418 e. The Morgan fingerprint density at radius 2 is 2.12 bits per heavy atom. The molecule has 0 aromatic carbocycles. The summed E-state index contributed by atoms with van der Waals surface area (Å²) >= 11 is 0.440. The summed E-state index contributed by atoms with van der Waals surface area (Å²) in [7, 11) is -2.76. The van der Waals surface area contributed by atoms with Crippen molar-refractivity contribution < 1.29 is 31.1 Å². The number of esters is 1. The van der Waals surface area contributed by atoms with Crippen LogP contribution in [0.4, 0.5) is 18.2 Å². The molecule has 2 aromatic rings. The van der Waals surface area contributed by atoms with Crippen LogP contribution in [0, 0.1) is 0 Å². The summed E-state index contributed by atoms with van der Waals surface area (Å²) in [5.41, 5.74) is -2.13. The molecule has 0 aliphatic heterocycles. The number of hydrogen-bond acceptors (Lipinski definition) is 6. The Hall–Kier alpha value is -2.08. The van der Waals surface area contributed by atoms with Crippen LogP contribution in [-0.4, -0.2) is 30.8 Å². The van der Waals surface area contributed by atoms with Crippen molar-refractivity contribution in [3.05, 3.63) is 28.8 Å². The number of carbonyl (C=O) groups excluding carboxylic acids is 1. The predicted molar refractivity (Wildman–Crippen MR) is 79.3 cm³/mol. The van der Waals surface area contributed by atoms with E-state index in [2.05, 4.69) is 9.84 Å². The van der Waals surface area contributed by atoms with E-state index in [4.69, 9.17) is 0 Å². The van der Waals surface area contributed by atoms with Crippen LogP contribution < -0.4 is 4.72 Å². The molecule has 132 valence electrons. The van der Waals surface area contributed by atoms with Crippen molar-refractivity contribution in [2.45, 2.75) is 18.1 Å². The zero-order chi connectivity index (χ0) is 18.1. The molecular weight excluding hydrogens is 371 g/mol. The highest BCUT2D eigenvalue weighted by Gasteiger charge is 2.39. The van der Waals surface area contributed by atoms with Crippen molar-refractivity contribution in [3.8, 4) is 0 Å². The number of hydrogen-bond donors (Lipinski definition) is 1. The molecule has 0 radical (unpaired) electrons. The monoisotopic (exact) mass is 383 g/mol. The summed E-state index contributed by atoms with van der Waals surface area (Å²) in [6.07, 6.45) is -3.47. The number of aryl methyl sites for hydroxylation is 1. The summed E-state index contributed by atoms with van der Waals surface area (Å²) in [6, 6.07) is 1.17. The second-order valence-corrected chi connectivity index (χ2v) is 7.01. The lowest BCUT2D eigenvalue weighted by molar-refractivity contribution is -0.137. The van der Waals surface area contributed by atoms with Crippen LogP contribution in [0.3, 0.4) is 0 Å². The number of rotatable bonds is 5. The average Bonchev–Trinajstić information content (AvgIpc) is 3.04. The Morgan fingerprint density at radius 1 is 1.46 bits per heavy atom. The minimum Gasteiger partial charge on any atom is -0.462 e. The maximum Gasteiger partial charge on any atom is 0.418 e. The number of sulfonamides is 1. The van der Waals surface area contributed by atoms with Gasteiger partial charge in [0.15, 0.2) is 5.03 Å². The van der Waals surface area contributed by atoms with Crippen LogP contribution in [0.1, 0.15) is 22.8 Å². The van der Waals surface area contributed by atoms with Gasteiger partial charge in [0.1, 0.15) is 10.6 Å². The fourth-order valence-electron chi connectivity index (χ4n) is 1.76. The van der Waals surface area contributed by atoms with E-state index in [1.807, 2.05) is 4.72 Å². The molecule has 0 fully saturated rings. The van der Waals surface area contributed by atoms with E-state index in [9.17, 15) is 26.4 Å². The fraction of sp³-hybridized carbons (Fsp3) is 0.333. The van der Waals surface area contributed by atoms with Gasteiger partial charge in [0.25, 0.3) is 10.0 Å². The minimum atomic E-state index is -4.83. The number of nitrogens with one attached hydrogen (secondary N) is 1. The fourth-order valence-corrected chi connectivity index (χ4v) is 4.01. The molecule has 24 heavy (non-hydrogen) atoms. The number of carbonyl (C=O) groups is 1. The van der Waals surface area contributed by atoms with Gasteiger partial charge in [-0.05, 0) is 13.0 Å². The van der Waals surface area contributed by atoms with Gasteiger partial charge in [0.05, 0.1) is 12.2 Å². The molecule has 1 N–H and O–H groups in total. The van der Waals surface area contributed by atoms with E-state index in [1.165, 1.54) is 30.9 Å². The second-order valence-electron chi connectivity index (χ2n) is 4.50. The van der Waals surface area contributed by atoms with Gasteiger partial charge in [-0.1, -0.05) is 0 Å². The highest BCUT2D eigenvalue weighted by atomic mass is 32.2. The molecule has 0 atom stereocenters. The zero-order valence-corrected chi connectivity index (χ0v) is 14.0. The molecule has 12 heteroatoms. The molecule has 0 spiro atoms. The summed E-state index contributed by atoms with van der Waals surface area (Å²) in [6.45, 7) is 1.27. The van der Waals surface area contributed by atoms with Crippen LogP contribution >= 0.6 is 11.3 Å².